The third-order valence-corrected chi connectivity index (χ3v) is 3.27. The number of rotatable bonds is 7. The molecule has 1 atom stereocenters. The smallest absolute Gasteiger partial charge is 0.244 e. The highest BCUT2D eigenvalue weighted by Gasteiger charge is 2.28. The lowest BCUT2D eigenvalue weighted by Crippen LogP contribution is -2.44. The normalized spacial score (nSPS) is 12.2. The van der Waals surface area contributed by atoms with Crippen LogP contribution in [0.1, 0.15) is 25.5 Å². The number of nitrogens with two attached hydrogens (primary N) is 1. The Bertz CT molecular complexity index is 444. The van der Waals surface area contributed by atoms with Crippen molar-refractivity contribution in [2.45, 2.75) is 19.9 Å². The zero-order valence-corrected chi connectivity index (χ0v) is 12.4. The van der Waals surface area contributed by atoms with Gasteiger partial charge in [-0.05, 0) is 26.5 Å². The van der Waals surface area contributed by atoms with Gasteiger partial charge < -0.3 is 10.6 Å². The highest BCUT2D eigenvalue weighted by molar-refractivity contribution is 5.84. The number of likely N-dealkylation sites (N-methyl/N-ethyl adjacent to an activating group) is 2. The summed E-state index contributed by atoms with van der Waals surface area (Å²) in [5, 5.41) is 0. The Morgan fingerprint density at radius 1 is 1.15 bits per heavy atom. The van der Waals surface area contributed by atoms with Crippen molar-refractivity contribution in [2.24, 2.45) is 5.73 Å². The first kappa shape index (κ1) is 16.2. The highest BCUT2D eigenvalue weighted by atomic mass is 16.2. The summed E-state index contributed by atoms with van der Waals surface area (Å²) >= 11 is 0. The molecule has 0 bridgehead atoms. The minimum atomic E-state index is -0.483. The Morgan fingerprint density at radius 2 is 1.70 bits per heavy atom. The molecule has 0 aliphatic rings. The van der Waals surface area contributed by atoms with Crippen molar-refractivity contribution < 1.29 is 9.59 Å². The summed E-state index contributed by atoms with van der Waals surface area (Å²) in [5.41, 5.74) is 6.11. The van der Waals surface area contributed by atoms with Crippen LogP contribution in [-0.2, 0) is 9.59 Å². The number of benzene rings is 1. The van der Waals surface area contributed by atoms with Gasteiger partial charge in [0.15, 0.2) is 0 Å². The van der Waals surface area contributed by atoms with Crippen LogP contribution in [0, 0.1) is 0 Å². The van der Waals surface area contributed by atoms with Gasteiger partial charge in [0.05, 0.1) is 6.54 Å². The Labute approximate surface area is 120 Å². The number of hydrogen-bond acceptors (Lipinski definition) is 3. The number of hydrogen-bond donors (Lipinski definition) is 1. The van der Waals surface area contributed by atoms with E-state index in [9.17, 15) is 9.59 Å². The number of primary amides is 1. The van der Waals surface area contributed by atoms with Crippen molar-refractivity contribution >= 4 is 11.8 Å². The van der Waals surface area contributed by atoms with Crippen LogP contribution in [0.2, 0.25) is 0 Å². The highest BCUT2D eigenvalue weighted by Crippen LogP contribution is 2.21. The average Bonchev–Trinajstić information content (AvgIpc) is 2.40. The fourth-order valence-electron chi connectivity index (χ4n) is 2.27. The van der Waals surface area contributed by atoms with Crippen LogP contribution < -0.4 is 5.73 Å². The van der Waals surface area contributed by atoms with Gasteiger partial charge in [-0.1, -0.05) is 30.3 Å². The molecule has 0 aliphatic heterocycles. The fourth-order valence-corrected chi connectivity index (χ4v) is 2.27. The standard InChI is InChI=1S/C15H23N3O2/c1-4-18(5-2)15(20)14(17(3)11-13(16)19)12-9-7-6-8-10-12/h6-10,14H,4-5,11H2,1-3H3,(H2,16,19)/t14-/m0/s1. The maximum absolute atomic E-state index is 12.7. The van der Waals surface area contributed by atoms with Crippen LogP contribution in [0.5, 0.6) is 0 Å². The van der Waals surface area contributed by atoms with Gasteiger partial charge in [0.25, 0.3) is 0 Å². The molecule has 0 saturated carbocycles. The fraction of sp³-hybridized carbons (Fsp3) is 0.467. The molecule has 2 N–H and O–H groups in total. The molecule has 0 aromatic heterocycles. The quantitative estimate of drug-likeness (QED) is 0.809. The molecule has 0 radical (unpaired) electrons. The van der Waals surface area contributed by atoms with Gasteiger partial charge in [-0.3, -0.25) is 14.5 Å². The maximum atomic E-state index is 12.7. The van der Waals surface area contributed by atoms with E-state index in [-0.39, 0.29) is 12.5 Å². The predicted octanol–water partition coefficient (Wildman–Crippen LogP) is 1.01. The van der Waals surface area contributed by atoms with Crippen LogP contribution in [0.15, 0.2) is 30.3 Å². The lowest BCUT2D eigenvalue weighted by molar-refractivity contribution is -0.137. The van der Waals surface area contributed by atoms with E-state index in [0.717, 1.165) is 5.56 Å². The SMILES string of the molecule is CCN(CC)C(=O)[C@H](c1ccccc1)N(C)CC(N)=O. The molecule has 0 aliphatic carbocycles. The molecular weight excluding hydrogens is 254 g/mol. The lowest BCUT2D eigenvalue weighted by atomic mass is 10.0. The number of carbonyl (C=O) groups is 2. The van der Waals surface area contributed by atoms with Crippen molar-refractivity contribution in [3.8, 4) is 0 Å². The Balaban J connectivity index is 3.07. The molecule has 0 unspecified atom stereocenters. The van der Waals surface area contributed by atoms with Crippen LogP contribution in [-0.4, -0.2) is 48.3 Å². The number of nitrogens with zero attached hydrogens (tertiary/aromatic N) is 2. The summed E-state index contributed by atoms with van der Waals surface area (Å²) in [6.45, 7) is 5.22. The van der Waals surface area contributed by atoms with Gasteiger partial charge >= 0.3 is 0 Å². The van der Waals surface area contributed by atoms with Gasteiger partial charge in [0.1, 0.15) is 6.04 Å². The summed E-state index contributed by atoms with van der Waals surface area (Å²) in [7, 11) is 1.74. The van der Waals surface area contributed by atoms with E-state index in [2.05, 4.69) is 0 Å². The minimum absolute atomic E-state index is 0.00931. The molecule has 5 nitrogen and oxygen atoms in total. The number of carbonyl (C=O) groups excluding carboxylic acids is 2. The molecule has 1 aromatic carbocycles. The van der Waals surface area contributed by atoms with E-state index in [0.29, 0.717) is 13.1 Å². The van der Waals surface area contributed by atoms with Crippen molar-refractivity contribution in [1.82, 2.24) is 9.80 Å². The third kappa shape index (κ3) is 4.06. The predicted molar refractivity (Wildman–Crippen MR) is 78.9 cm³/mol. The van der Waals surface area contributed by atoms with Crippen LogP contribution in [0.25, 0.3) is 0 Å². The van der Waals surface area contributed by atoms with Crippen molar-refractivity contribution in [3.63, 3.8) is 0 Å². The molecule has 0 fully saturated rings. The van der Waals surface area contributed by atoms with Gasteiger partial charge in [0.2, 0.25) is 11.8 Å². The van der Waals surface area contributed by atoms with E-state index in [4.69, 9.17) is 5.73 Å². The zero-order valence-electron chi connectivity index (χ0n) is 12.4. The van der Waals surface area contributed by atoms with E-state index < -0.39 is 11.9 Å². The van der Waals surface area contributed by atoms with Crippen molar-refractivity contribution in [2.75, 3.05) is 26.7 Å². The van der Waals surface area contributed by atoms with Gasteiger partial charge in [-0.25, -0.2) is 0 Å². The molecule has 1 rings (SSSR count). The second kappa shape index (κ2) is 7.65. The Hall–Kier alpha value is -1.88. The topological polar surface area (TPSA) is 66.6 Å². The van der Waals surface area contributed by atoms with Gasteiger partial charge in [0, 0.05) is 13.1 Å². The van der Waals surface area contributed by atoms with E-state index in [1.807, 2.05) is 44.2 Å². The minimum Gasteiger partial charge on any atom is -0.369 e. The molecule has 2 amide bonds. The second-order valence-corrected chi connectivity index (χ2v) is 4.71. The average molecular weight is 277 g/mol. The monoisotopic (exact) mass is 277 g/mol. The van der Waals surface area contributed by atoms with Gasteiger partial charge in [-0.15, -0.1) is 0 Å². The Kier molecular flexibility index (Phi) is 6.18. The zero-order chi connectivity index (χ0) is 15.1. The van der Waals surface area contributed by atoms with E-state index in [1.54, 1.807) is 16.8 Å². The molecule has 0 spiro atoms. The first-order chi connectivity index (χ1) is 9.51. The number of amides is 2. The third-order valence-electron chi connectivity index (χ3n) is 3.27. The first-order valence-electron chi connectivity index (χ1n) is 6.83. The summed E-state index contributed by atoms with van der Waals surface area (Å²) in [6, 6.07) is 8.97. The summed E-state index contributed by atoms with van der Waals surface area (Å²) in [6.07, 6.45) is 0. The molecule has 5 heteroatoms. The Morgan fingerprint density at radius 3 is 2.15 bits per heavy atom. The molecule has 0 saturated heterocycles. The molecule has 0 heterocycles. The first-order valence-corrected chi connectivity index (χ1v) is 6.83. The molecule has 20 heavy (non-hydrogen) atoms. The van der Waals surface area contributed by atoms with E-state index in [1.165, 1.54) is 0 Å². The van der Waals surface area contributed by atoms with E-state index >= 15 is 0 Å². The molecule has 1 aromatic rings. The van der Waals surface area contributed by atoms with Crippen LogP contribution in [0.3, 0.4) is 0 Å². The van der Waals surface area contributed by atoms with Crippen LogP contribution >= 0.6 is 0 Å². The molecule has 110 valence electrons. The summed E-state index contributed by atoms with van der Waals surface area (Å²) < 4.78 is 0. The van der Waals surface area contributed by atoms with Crippen molar-refractivity contribution in [3.05, 3.63) is 35.9 Å². The van der Waals surface area contributed by atoms with Crippen LogP contribution in [0.4, 0.5) is 0 Å². The largest absolute Gasteiger partial charge is 0.369 e. The van der Waals surface area contributed by atoms with Crippen molar-refractivity contribution in [1.29, 1.82) is 0 Å². The summed E-state index contributed by atoms with van der Waals surface area (Å²) in [4.78, 5) is 27.2. The second-order valence-electron chi connectivity index (χ2n) is 4.71. The lowest BCUT2D eigenvalue weighted by Gasteiger charge is -2.31. The van der Waals surface area contributed by atoms with Gasteiger partial charge in [-0.2, -0.15) is 0 Å². The summed E-state index contributed by atoms with van der Waals surface area (Å²) in [5.74, 6) is -0.453. The maximum Gasteiger partial charge on any atom is 0.244 e. The molecular formula is C15H23N3O2.